The van der Waals surface area contributed by atoms with Crippen molar-refractivity contribution >= 4 is 11.9 Å². The number of carbonyl (C=O) groups is 2. The first-order valence-electron chi connectivity index (χ1n) is 5.25. The lowest BCUT2D eigenvalue weighted by Crippen LogP contribution is -2.46. The molecule has 15 heavy (non-hydrogen) atoms. The Kier molecular flexibility index (Phi) is 4.08. The van der Waals surface area contributed by atoms with Crippen LogP contribution in [0.1, 0.15) is 26.2 Å². The van der Waals surface area contributed by atoms with Crippen LogP contribution in [0.15, 0.2) is 0 Å². The van der Waals surface area contributed by atoms with E-state index in [0.29, 0.717) is 12.6 Å². The van der Waals surface area contributed by atoms with E-state index in [1.54, 1.807) is 7.05 Å². The van der Waals surface area contributed by atoms with Gasteiger partial charge in [0.2, 0.25) is 5.91 Å². The number of amides is 1. The minimum absolute atomic E-state index is 0.0488. The van der Waals surface area contributed by atoms with Gasteiger partial charge < -0.3 is 10.4 Å². The number of carboxylic acid groups (broad SMARTS) is 1. The van der Waals surface area contributed by atoms with Gasteiger partial charge in [0, 0.05) is 19.6 Å². The first-order chi connectivity index (χ1) is 7.06. The lowest BCUT2D eigenvalue weighted by Gasteiger charge is -2.27. The molecular weight excluding hydrogens is 196 g/mol. The number of carboxylic acids is 1. The third kappa shape index (κ3) is 3.51. The maximum atomic E-state index is 11.4. The molecule has 1 saturated carbocycles. The van der Waals surface area contributed by atoms with Gasteiger partial charge in [-0.3, -0.25) is 14.5 Å². The second-order valence-corrected chi connectivity index (χ2v) is 3.90. The Hall–Kier alpha value is -1.10. The minimum atomic E-state index is -0.815. The van der Waals surface area contributed by atoms with Crippen LogP contribution in [0.2, 0.25) is 0 Å². The molecule has 0 radical (unpaired) electrons. The van der Waals surface area contributed by atoms with Gasteiger partial charge in [0.15, 0.2) is 0 Å². The first kappa shape index (κ1) is 12.0. The zero-order chi connectivity index (χ0) is 11.4. The van der Waals surface area contributed by atoms with Gasteiger partial charge >= 0.3 is 5.97 Å². The van der Waals surface area contributed by atoms with Gasteiger partial charge in [0.1, 0.15) is 0 Å². The highest BCUT2D eigenvalue weighted by atomic mass is 16.4. The normalized spacial score (nSPS) is 17.5. The molecule has 0 aliphatic heterocycles. The Morgan fingerprint density at radius 3 is 2.53 bits per heavy atom. The molecule has 5 nitrogen and oxygen atoms in total. The molecule has 1 fully saturated rings. The van der Waals surface area contributed by atoms with Crippen LogP contribution >= 0.6 is 0 Å². The standard InChI is InChI=1S/C10H18N2O3/c1-7(10(15)11-2)12(8-3-4-8)6-5-9(13)14/h7-8H,3-6H2,1-2H3,(H,11,15)(H,13,14). The molecule has 1 rings (SSSR count). The highest BCUT2D eigenvalue weighted by Crippen LogP contribution is 2.28. The summed E-state index contributed by atoms with van der Waals surface area (Å²) in [5.41, 5.74) is 0. The number of likely N-dealkylation sites (N-methyl/N-ethyl adjacent to an activating group) is 1. The van der Waals surface area contributed by atoms with Crippen molar-refractivity contribution in [3.63, 3.8) is 0 Å². The van der Waals surface area contributed by atoms with Crippen LogP contribution in [0, 0.1) is 0 Å². The summed E-state index contributed by atoms with van der Waals surface area (Å²) >= 11 is 0. The molecule has 0 aromatic rings. The molecule has 1 amide bonds. The lowest BCUT2D eigenvalue weighted by atomic mass is 10.2. The van der Waals surface area contributed by atoms with E-state index in [-0.39, 0.29) is 18.4 Å². The van der Waals surface area contributed by atoms with Gasteiger partial charge in [0.05, 0.1) is 12.5 Å². The second kappa shape index (κ2) is 5.11. The number of nitrogens with zero attached hydrogens (tertiary/aromatic N) is 1. The van der Waals surface area contributed by atoms with Crippen LogP contribution in [0.3, 0.4) is 0 Å². The van der Waals surface area contributed by atoms with Crippen molar-refractivity contribution in [1.29, 1.82) is 0 Å². The Bertz CT molecular complexity index is 251. The Balaban J connectivity index is 2.49. The molecule has 0 saturated heterocycles. The molecule has 0 heterocycles. The maximum Gasteiger partial charge on any atom is 0.304 e. The predicted octanol–water partition coefficient (Wildman–Crippen LogP) is 0.0600. The molecule has 1 aliphatic rings. The van der Waals surface area contributed by atoms with Gasteiger partial charge in [0.25, 0.3) is 0 Å². The van der Waals surface area contributed by atoms with Crippen molar-refractivity contribution in [2.24, 2.45) is 0 Å². The summed E-state index contributed by atoms with van der Waals surface area (Å²) in [7, 11) is 1.60. The van der Waals surface area contributed by atoms with Crippen LogP contribution in [-0.4, -0.2) is 47.6 Å². The van der Waals surface area contributed by atoms with E-state index < -0.39 is 5.97 Å². The van der Waals surface area contributed by atoms with E-state index in [2.05, 4.69) is 5.32 Å². The van der Waals surface area contributed by atoms with Crippen LogP contribution in [0.25, 0.3) is 0 Å². The summed E-state index contributed by atoms with van der Waals surface area (Å²) in [6.45, 7) is 2.27. The molecule has 2 N–H and O–H groups in total. The smallest absolute Gasteiger partial charge is 0.304 e. The van der Waals surface area contributed by atoms with Crippen LogP contribution in [0.4, 0.5) is 0 Å². The fraction of sp³-hybridized carbons (Fsp3) is 0.800. The van der Waals surface area contributed by atoms with Gasteiger partial charge in [-0.2, -0.15) is 0 Å². The molecule has 1 aliphatic carbocycles. The Morgan fingerprint density at radius 2 is 2.13 bits per heavy atom. The summed E-state index contributed by atoms with van der Waals surface area (Å²) in [6, 6.07) is 0.165. The van der Waals surface area contributed by atoms with Crippen LogP contribution in [-0.2, 0) is 9.59 Å². The zero-order valence-electron chi connectivity index (χ0n) is 9.19. The maximum absolute atomic E-state index is 11.4. The third-order valence-electron chi connectivity index (χ3n) is 2.72. The van der Waals surface area contributed by atoms with E-state index in [4.69, 9.17) is 5.11 Å². The molecule has 5 heteroatoms. The SMILES string of the molecule is CNC(=O)C(C)N(CCC(=O)O)C1CC1. The van der Waals surface area contributed by atoms with Crippen molar-refractivity contribution in [1.82, 2.24) is 10.2 Å². The summed E-state index contributed by atoms with van der Waals surface area (Å²) in [5.74, 6) is -0.864. The van der Waals surface area contributed by atoms with Gasteiger partial charge in [-0.05, 0) is 19.8 Å². The second-order valence-electron chi connectivity index (χ2n) is 3.90. The fourth-order valence-corrected chi connectivity index (χ4v) is 1.68. The minimum Gasteiger partial charge on any atom is -0.481 e. The molecule has 0 aromatic carbocycles. The van der Waals surface area contributed by atoms with Gasteiger partial charge in [-0.1, -0.05) is 0 Å². The highest BCUT2D eigenvalue weighted by Gasteiger charge is 2.34. The van der Waals surface area contributed by atoms with Gasteiger partial charge in [-0.25, -0.2) is 0 Å². The van der Waals surface area contributed by atoms with E-state index >= 15 is 0 Å². The molecule has 0 spiro atoms. The molecule has 1 atom stereocenters. The number of carbonyl (C=O) groups excluding carboxylic acids is 1. The van der Waals surface area contributed by atoms with Crippen molar-refractivity contribution in [2.45, 2.75) is 38.3 Å². The third-order valence-corrected chi connectivity index (χ3v) is 2.72. The van der Waals surface area contributed by atoms with Crippen molar-refractivity contribution in [3.05, 3.63) is 0 Å². The van der Waals surface area contributed by atoms with E-state index in [9.17, 15) is 9.59 Å². The molecule has 0 aromatic heterocycles. The van der Waals surface area contributed by atoms with Crippen molar-refractivity contribution < 1.29 is 14.7 Å². The summed E-state index contributed by atoms with van der Waals surface area (Å²) in [5, 5.41) is 11.2. The quantitative estimate of drug-likeness (QED) is 0.656. The number of nitrogens with one attached hydrogen (secondary N) is 1. The summed E-state index contributed by atoms with van der Waals surface area (Å²) in [4.78, 5) is 23.9. The summed E-state index contributed by atoms with van der Waals surface area (Å²) < 4.78 is 0. The highest BCUT2D eigenvalue weighted by molar-refractivity contribution is 5.81. The summed E-state index contributed by atoms with van der Waals surface area (Å²) in [6.07, 6.45) is 2.24. The number of aliphatic carboxylic acids is 1. The van der Waals surface area contributed by atoms with Gasteiger partial charge in [-0.15, -0.1) is 0 Å². The molecule has 0 bridgehead atoms. The monoisotopic (exact) mass is 214 g/mol. The zero-order valence-corrected chi connectivity index (χ0v) is 9.19. The topological polar surface area (TPSA) is 69.6 Å². The number of hydrogen-bond acceptors (Lipinski definition) is 3. The Morgan fingerprint density at radius 1 is 1.53 bits per heavy atom. The number of rotatable bonds is 6. The molecule has 86 valence electrons. The van der Waals surface area contributed by atoms with Crippen molar-refractivity contribution in [3.8, 4) is 0 Å². The van der Waals surface area contributed by atoms with E-state index in [0.717, 1.165) is 12.8 Å². The predicted molar refractivity (Wildman–Crippen MR) is 55.5 cm³/mol. The average Bonchev–Trinajstić information content (AvgIpc) is 3.00. The van der Waals surface area contributed by atoms with Crippen molar-refractivity contribution in [2.75, 3.05) is 13.6 Å². The molecular formula is C10H18N2O3. The number of hydrogen-bond donors (Lipinski definition) is 2. The van der Waals surface area contributed by atoms with E-state index in [1.165, 1.54) is 0 Å². The van der Waals surface area contributed by atoms with Crippen LogP contribution < -0.4 is 5.32 Å². The van der Waals surface area contributed by atoms with E-state index in [1.807, 2.05) is 11.8 Å². The largest absolute Gasteiger partial charge is 0.481 e. The molecule has 1 unspecified atom stereocenters. The lowest BCUT2D eigenvalue weighted by molar-refractivity contribution is -0.138. The first-order valence-corrected chi connectivity index (χ1v) is 5.25. The Labute approximate surface area is 89.4 Å². The fourth-order valence-electron chi connectivity index (χ4n) is 1.68. The average molecular weight is 214 g/mol. The van der Waals surface area contributed by atoms with Crippen LogP contribution in [0.5, 0.6) is 0 Å².